The summed E-state index contributed by atoms with van der Waals surface area (Å²) in [5, 5.41) is 13.9. The first-order valence-electron chi connectivity index (χ1n) is 8.68. The number of amides is 1. The van der Waals surface area contributed by atoms with Gasteiger partial charge in [0, 0.05) is 25.2 Å². The van der Waals surface area contributed by atoms with E-state index in [2.05, 4.69) is 27.2 Å². The van der Waals surface area contributed by atoms with Gasteiger partial charge in [-0.05, 0) is 31.9 Å². The molecule has 0 unspecified atom stereocenters. The molecule has 1 fully saturated rings. The van der Waals surface area contributed by atoms with Gasteiger partial charge in [-0.2, -0.15) is 4.98 Å². The largest absolute Gasteiger partial charge is 0.391 e. The molecular formula is C18H22N4O3. The predicted octanol–water partition coefficient (Wildman–Crippen LogP) is 1.46. The van der Waals surface area contributed by atoms with E-state index in [1.54, 1.807) is 11.8 Å². The maximum absolute atomic E-state index is 13.2. The maximum Gasteiger partial charge on any atom is 0.249 e. The summed E-state index contributed by atoms with van der Waals surface area (Å²) in [6, 6.07) is 7.53. The number of aromatic nitrogens is 2. The van der Waals surface area contributed by atoms with E-state index in [0.29, 0.717) is 24.7 Å². The lowest BCUT2D eigenvalue weighted by Crippen LogP contribution is -2.47. The number of carbonyl (C=O) groups is 1. The number of aliphatic hydroxyl groups excluding tert-OH is 1. The molecule has 0 spiro atoms. The summed E-state index contributed by atoms with van der Waals surface area (Å²) < 4.78 is 5.26. The fourth-order valence-corrected chi connectivity index (χ4v) is 3.88. The van der Waals surface area contributed by atoms with Gasteiger partial charge in [0.05, 0.1) is 6.10 Å². The van der Waals surface area contributed by atoms with Crippen molar-refractivity contribution in [3.63, 3.8) is 0 Å². The number of nitrogens with zero attached hydrogens (tertiary/aromatic N) is 4. The first kappa shape index (κ1) is 16.1. The summed E-state index contributed by atoms with van der Waals surface area (Å²) >= 11 is 0. The monoisotopic (exact) mass is 342 g/mol. The van der Waals surface area contributed by atoms with Crippen LogP contribution >= 0.6 is 0 Å². The molecule has 2 aliphatic rings. The van der Waals surface area contributed by atoms with Crippen molar-refractivity contribution in [3.8, 4) is 0 Å². The van der Waals surface area contributed by atoms with Crippen LogP contribution in [0.25, 0.3) is 0 Å². The summed E-state index contributed by atoms with van der Waals surface area (Å²) in [4.78, 5) is 21.2. The van der Waals surface area contributed by atoms with Crippen LogP contribution in [0.4, 0.5) is 5.69 Å². The molecule has 1 N–H and O–H groups in total. The van der Waals surface area contributed by atoms with Crippen LogP contribution in [0.1, 0.15) is 36.7 Å². The summed E-state index contributed by atoms with van der Waals surface area (Å²) in [6.45, 7) is 4.79. The quantitative estimate of drug-likeness (QED) is 0.909. The molecule has 7 nitrogen and oxygen atoms in total. The molecule has 132 valence electrons. The first-order valence-corrected chi connectivity index (χ1v) is 8.68. The van der Waals surface area contributed by atoms with Crippen LogP contribution in [0, 0.1) is 6.92 Å². The minimum atomic E-state index is -0.570. The molecule has 2 aromatic rings. The van der Waals surface area contributed by atoms with Gasteiger partial charge < -0.3 is 19.4 Å². The third-order valence-corrected chi connectivity index (χ3v) is 5.14. The minimum Gasteiger partial charge on any atom is -0.391 e. The molecule has 0 radical (unpaired) electrons. The number of para-hydroxylation sites is 1. The Kier molecular flexibility index (Phi) is 3.95. The SMILES string of the molecule is Cc1noc([C@H]2C[C@H](O)CN2C(=O)[C@H](C)N2CCc3ccccc32)n1. The third-order valence-electron chi connectivity index (χ3n) is 5.14. The highest BCUT2D eigenvalue weighted by atomic mass is 16.5. The van der Waals surface area contributed by atoms with Crippen LogP contribution < -0.4 is 4.90 Å². The van der Waals surface area contributed by atoms with Gasteiger partial charge >= 0.3 is 0 Å². The highest BCUT2D eigenvalue weighted by Gasteiger charge is 2.41. The summed E-state index contributed by atoms with van der Waals surface area (Å²) in [7, 11) is 0. The van der Waals surface area contributed by atoms with Crippen LogP contribution in [0.5, 0.6) is 0 Å². The Morgan fingerprint density at radius 2 is 2.20 bits per heavy atom. The Labute approximate surface area is 146 Å². The van der Waals surface area contributed by atoms with Gasteiger partial charge in [-0.15, -0.1) is 0 Å². The molecule has 1 saturated heterocycles. The lowest BCUT2D eigenvalue weighted by atomic mass is 10.1. The molecular weight excluding hydrogens is 320 g/mol. The van der Waals surface area contributed by atoms with Crippen molar-refractivity contribution in [1.29, 1.82) is 0 Å². The number of carbonyl (C=O) groups excluding carboxylic acids is 1. The minimum absolute atomic E-state index is 0.0193. The Morgan fingerprint density at radius 1 is 1.40 bits per heavy atom. The number of β-amino-alcohol motifs (C(OH)–C–C–N with tert-alkyl or cyclic N) is 1. The van der Waals surface area contributed by atoms with Crippen LogP contribution in [0.2, 0.25) is 0 Å². The maximum atomic E-state index is 13.2. The topological polar surface area (TPSA) is 82.7 Å². The third kappa shape index (κ3) is 2.78. The number of hydrogen-bond donors (Lipinski definition) is 1. The van der Waals surface area contributed by atoms with E-state index in [1.165, 1.54) is 5.56 Å². The van der Waals surface area contributed by atoms with Gasteiger partial charge in [-0.1, -0.05) is 23.4 Å². The molecule has 3 atom stereocenters. The molecule has 3 heterocycles. The lowest BCUT2D eigenvalue weighted by molar-refractivity contribution is -0.134. The number of fused-ring (bicyclic) bond motifs is 1. The van der Waals surface area contributed by atoms with Crippen molar-refractivity contribution in [1.82, 2.24) is 15.0 Å². The summed E-state index contributed by atoms with van der Waals surface area (Å²) in [6.07, 6.45) is 0.804. The van der Waals surface area contributed by atoms with E-state index >= 15 is 0 Å². The van der Waals surface area contributed by atoms with Crippen molar-refractivity contribution >= 4 is 11.6 Å². The van der Waals surface area contributed by atoms with Crippen molar-refractivity contribution in [2.45, 2.75) is 44.9 Å². The number of rotatable bonds is 3. The highest BCUT2D eigenvalue weighted by molar-refractivity contribution is 5.86. The van der Waals surface area contributed by atoms with E-state index in [9.17, 15) is 9.90 Å². The van der Waals surface area contributed by atoms with E-state index in [1.807, 2.05) is 19.1 Å². The zero-order valence-electron chi connectivity index (χ0n) is 14.4. The normalized spacial score (nSPS) is 23.8. The standard InChI is InChI=1S/C18H22N4O3/c1-11(21-8-7-13-5-3-4-6-15(13)21)18(24)22-10-14(23)9-16(22)17-19-12(2)20-25-17/h3-6,11,14,16,23H,7-10H2,1-2H3/t11-,14-,16+/m0/s1. The second-order valence-electron chi connectivity index (χ2n) is 6.82. The zero-order valence-corrected chi connectivity index (χ0v) is 14.4. The summed E-state index contributed by atoms with van der Waals surface area (Å²) in [5.74, 6) is 0.913. The molecule has 1 amide bonds. The van der Waals surface area contributed by atoms with E-state index < -0.39 is 6.10 Å². The second-order valence-corrected chi connectivity index (χ2v) is 6.82. The van der Waals surface area contributed by atoms with Gasteiger partial charge in [0.15, 0.2) is 5.82 Å². The van der Waals surface area contributed by atoms with E-state index in [0.717, 1.165) is 18.7 Å². The number of likely N-dealkylation sites (tertiary alicyclic amines) is 1. The fourth-order valence-electron chi connectivity index (χ4n) is 3.88. The molecule has 1 aromatic carbocycles. The Hall–Kier alpha value is -2.41. The number of hydrogen-bond acceptors (Lipinski definition) is 6. The van der Waals surface area contributed by atoms with E-state index in [-0.39, 0.29) is 18.0 Å². The molecule has 0 saturated carbocycles. The highest BCUT2D eigenvalue weighted by Crippen LogP contribution is 2.34. The molecule has 25 heavy (non-hydrogen) atoms. The predicted molar refractivity (Wildman–Crippen MR) is 91.1 cm³/mol. The smallest absolute Gasteiger partial charge is 0.249 e. The molecule has 4 rings (SSSR count). The Balaban J connectivity index is 1.57. The number of anilines is 1. The van der Waals surface area contributed by atoms with E-state index in [4.69, 9.17) is 4.52 Å². The average molecular weight is 342 g/mol. The van der Waals surface area contributed by atoms with Crippen molar-refractivity contribution < 1.29 is 14.4 Å². The Morgan fingerprint density at radius 3 is 2.96 bits per heavy atom. The van der Waals surface area contributed by atoms with Gasteiger partial charge in [0.1, 0.15) is 12.1 Å². The van der Waals surface area contributed by atoms with Crippen LogP contribution in [-0.4, -0.2) is 51.3 Å². The zero-order chi connectivity index (χ0) is 17.6. The molecule has 2 aliphatic heterocycles. The van der Waals surface area contributed by atoms with Gasteiger partial charge in [0.2, 0.25) is 11.8 Å². The van der Waals surface area contributed by atoms with Gasteiger partial charge in [0.25, 0.3) is 0 Å². The first-order chi connectivity index (χ1) is 12.0. The molecule has 0 aliphatic carbocycles. The number of aryl methyl sites for hydroxylation is 1. The summed E-state index contributed by atoms with van der Waals surface area (Å²) in [5.41, 5.74) is 2.39. The second kappa shape index (κ2) is 6.15. The van der Waals surface area contributed by atoms with Crippen molar-refractivity contribution in [3.05, 3.63) is 41.5 Å². The van der Waals surface area contributed by atoms with Crippen LogP contribution in [0.15, 0.2) is 28.8 Å². The van der Waals surface area contributed by atoms with Crippen molar-refractivity contribution in [2.75, 3.05) is 18.0 Å². The lowest BCUT2D eigenvalue weighted by Gasteiger charge is -2.31. The Bertz CT molecular complexity index is 790. The van der Waals surface area contributed by atoms with Crippen LogP contribution in [0.3, 0.4) is 0 Å². The molecule has 7 heteroatoms. The fraction of sp³-hybridized carbons (Fsp3) is 0.500. The number of benzene rings is 1. The van der Waals surface area contributed by atoms with Gasteiger partial charge in [-0.25, -0.2) is 0 Å². The molecule has 1 aromatic heterocycles. The number of aliphatic hydroxyl groups is 1. The van der Waals surface area contributed by atoms with Crippen LogP contribution in [-0.2, 0) is 11.2 Å². The molecule has 0 bridgehead atoms. The average Bonchev–Trinajstić information content (AvgIpc) is 3.31. The van der Waals surface area contributed by atoms with Gasteiger partial charge in [-0.3, -0.25) is 4.79 Å². The van der Waals surface area contributed by atoms with Crippen molar-refractivity contribution in [2.24, 2.45) is 0 Å².